The molecule has 41 heavy (non-hydrogen) atoms. The fourth-order valence-corrected chi connectivity index (χ4v) is 6.22. The molecule has 1 saturated carbocycles. The van der Waals surface area contributed by atoms with Gasteiger partial charge in [0, 0.05) is 43.2 Å². The second kappa shape index (κ2) is 22.5. The number of nitrogens with zero attached hydrogens (tertiary/aromatic N) is 5. The maximum absolute atomic E-state index is 11.3. The normalized spacial score (nSPS) is 27.2. The van der Waals surface area contributed by atoms with Gasteiger partial charge >= 0.3 is 17.1 Å². The van der Waals surface area contributed by atoms with Crippen molar-refractivity contribution in [2.75, 3.05) is 58.9 Å². The minimum absolute atomic E-state index is 0. The first-order valence-electron chi connectivity index (χ1n) is 15.4. The van der Waals surface area contributed by atoms with Crippen LogP contribution in [0.15, 0.2) is 23.9 Å². The zero-order chi connectivity index (χ0) is 27.9. The van der Waals surface area contributed by atoms with E-state index in [9.17, 15) is 10.2 Å². The fourth-order valence-electron chi connectivity index (χ4n) is 6.22. The number of piperidine rings is 2. The summed E-state index contributed by atoms with van der Waals surface area (Å²) >= 11 is 0. The summed E-state index contributed by atoms with van der Waals surface area (Å²) in [7, 11) is 0. The SMILES string of the molecule is CC(O)O.OC(CN(CC1CCCC[N-]1)CC1CCCC[N-]1)CN(CC1=CC=CC[N-]1)CC1CCCCC1O.[Cu+2].[Cu]. The van der Waals surface area contributed by atoms with Gasteiger partial charge in [-0.25, -0.2) is 0 Å². The Morgan fingerprint density at radius 2 is 1.39 bits per heavy atom. The van der Waals surface area contributed by atoms with E-state index >= 15 is 0 Å². The van der Waals surface area contributed by atoms with Crippen LogP contribution in [0.4, 0.5) is 0 Å². The Morgan fingerprint density at radius 1 is 0.829 bits per heavy atom. The van der Waals surface area contributed by atoms with Crippen LogP contribution in [0.1, 0.15) is 71.1 Å². The molecule has 9 nitrogen and oxygen atoms in total. The zero-order valence-corrected chi connectivity index (χ0v) is 26.6. The molecule has 4 rings (SSSR count). The van der Waals surface area contributed by atoms with Gasteiger partial charge in [0.2, 0.25) is 0 Å². The van der Waals surface area contributed by atoms with E-state index in [0.717, 1.165) is 70.8 Å². The van der Waals surface area contributed by atoms with Crippen LogP contribution in [0.3, 0.4) is 0 Å². The van der Waals surface area contributed by atoms with Crippen molar-refractivity contribution in [2.45, 2.75) is 102 Å². The van der Waals surface area contributed by atoms with Crippen LogP contribution in [0.2, 0.25) is 0 Å². The topological polar surface area (TPSA) is 130 Å². The quantitative estimate of drug-likeness (QED) is 0.185. The van der Waals surface area contributed by atoms with Crippen LogP contribution in [0.5, 0.6) is 0 Å². The molecule has 0 spiro atoms. The molecule has 3 heterocycles. The van der Waals surface area contributed by atoms with E-state index in [-0.39, 0.29) is 46.2 Å². The smallest absolute Gasteiger partial charge is 0.684 e. The third kappa shape index (κ3) is 16.6. The molecule has 3 fully saturated rings. The van der Waals surface area contributed by atoms with Gasteiger partial charge < -0.3 is 41.3 Å². The van der Waals surface area contributed by atoms with E-state index in [2.05, 4.69) is 33.3 Å². The molecule has 5 unspecified atom stereocenters. The molecule has 11 heteroatoms. The summed E-state index contributed by atoms with van der Waals surface area (Å²) in [5.41, 5.74) is 1.07. The molecule has 0 aromatic heterocycles. The Kier molecular flexibility index (Phi) is 21.4. The number of rotatable bonds is 12. The summed E-state index contributed by atoms with van der Waals surface area (Å²) < 4.78 is 0. The number of allylic oxidation sites excluding steroid dienone is 2. The van der Waals surface area contributed by atoms with E-state index < -0.39 is 12.4 Å². The molecule has 1 aliphatic carbocycles. The van der Waals surface area contributed by atoms with Crippen molar-refractivity contribution in [1.82, 2.24) is 9.80 Å². The Balaban J connectivity index is 0.00000131. The first-order chi connectivity index (χ1) is 18.9. The summed E-state index contributed by atoms with van der Waals surface area (Å²) in [5.74, 6) is 0.286. The second-order valence-electron chi connectivity index (χ2n) is 11.8. The van der Waals surface area contributed by atoms with Crippen molar-refractivity contribution < 1.29 is 54.6 Å². The molecule has 2 saturated heterocycles. The molecule has 0 amide bonds. The average Bonchev–Trinajstić information content (AvgIpc) is 2.91. The number of hydrogen-bond acceptors (Lipinski definition) is 6. The molecule has 246 valence electrons. The van der Waals surface area contributed by atoms with E-state index in [1.807, 2.05) is 0 Å². The van der Waals surface area contributed by atoms with Crippen molar-refractivity contribution >= 4 is 0 Å². The maximum atomic E-state index is 11.3. The van der Waals surface area contributed by atoms with Gasteiger partial charge in [0.15, 0.2) is 0 Å². The molecule has 4 aliphatic rings. The van der Waals surface area contributed by atoms with Crippen molar-refractivity contribution in [1.29, 1.82) is 0 Å². The number of hydrogen-bond donors (Lipinski definition) is 4. The third-order valence-corrected chi connectivity index (χ3v) is 8.11. The Hall–Kier alpha value is -0.00104. The first kappa shape index (κ1) is 39.0. The van der Waals surface area contributed by atoms with Gasteiger partial charge in [-0.1, -0.05) is 63.5 Å². The van der Waals surface area contributed by atoms with Crippen molar-refractivity contribution in [2.24, 2.45) is 5.92 Å². The van der Waals surface area contributed by atoms with Gasteiger partial charge in [0.1, 0.15) is 6.29 Å². The second-order valence-corrected chi connectivity index (χ2v) is 11.8. The maximum Gasteiger partial charge on any atom is 2.00 e. The summed E-state index contributed by atoms with van der Waals surface area (Å²) in [6.07, 6.45) is 16.0. The molecule has 5 atom stereocenters. The van der Waals surface area contributed by atoms with Gasteiger partial charge in [-0.05, 0) is 38.8 Å². The predicted octanol–water partition coefficient (Wildman–Crippen LogP) is 3.49. The largest absolute Gasteiger partial charge is 2.00 e. The van der Waals surface area contributed by atoms with Gasteiger partial charge in [-0.15, -0.1) is 43.5 Å². The van der Waals surface area contributed by atoms with Crippen LogP contribution in [0, 0.1) is 5.92 Å². The summed E-state index contributed by atoms with van der Waals surface area (Å²) in [5, 5.41) is 51.5. The van der Waals surface area contributed by atoms with Gasteiger partial charge in [-0.2, -0.15) is 0 Å². The molecule has 4 N–H and O–H groups in total. The average molecular weight is 676 g/mol. The van der Waals surface area contributed by atoms with Crippen molar-refractivity contribution in [3.8, 4) is 0 Å². The summed E-state index contributed by atoms with van der Waals surface area (Å²) in [4.78, 5) is 4.79. The third-order valence-electron chi connectivity index (χ3n) is 8.11. The minimum atomic E-state index is -1.17. The monoisotopic (exact) mass is 674 g/mol. The number of aliphatic hydroxyl groups excluding tert-OH is 3. The van der Waals surface area contributed by atoms with Gasteiger partial charge in [-0.3, -0.25) is 4.90 Å². The van der Waals surface area contributed by atoms with E-state index in [0.29, 0.717) is 25.2 Å². The van der Waals surface area contributed by atoms with E-state index in [1.165, 1.54) is 51.9 Å². The van der Waals surface area contributed by atoms with Gasteiger partial charge in [0.05, 0.1) is 12.2 Å². The standard InChI is InChI=1S/C28H48N5O2.C2H6O2.2Cu/c34-27(22-33(19-25-11-4-7-15-30-25)20-26-12-5-8-16-31-26)21-32(18-24-10-3-6-14-29-24)17-23-9-1-2-13-28(23)35;1-2(3)4;;/h3,6,10,23,25-28,34-35H,1-2,4-5,7-9,11-22H2;2-4H,1H3;;/q-3;;;+2. The molecular weight excluding hydrogens is 621 g/mol. The minimum Gasteiger partial charge on any atom is -0.684 e. The van der Waals surface area contributed by atoms with E-state index in [4.69, 9.17) is 20.8 Å². The van der Waals surface area contributed by atoms with Crippen LogP contribution in [-0.2, 0) is 34.1 Å². The van der Waals surface area contributed by atoms with Crippen molar-refractivity contribution in [3.63, 3.8) is 0 Å². The van der Waals surface area contributed by atoms with Crippen LogP contribution in [0.25, 0.3) is 16.0 Å². The molecule has 3 aliphatic heterocycles. The fraction of sp³-hybridized carbons (Fsp3) is 0.867. The van der Waals surface area contributed by atoms with Crippen molar-refractivity contribution in [3.05, 3.63) is 39.9 Å². The zero-order valence-electron chi connectivity index (χ0n) is 24.8. The molecule has 0 aromatic rings. The Morgan fingerprint density at radius 3 is 1.90 bits per heavy atom. The molecular formula is C30H54Cu2N5O4-. The summed E-state index contributed by atoms with van der Waals surface area (Å²) in [6.45, 7) is 8.70. The van der Waals surface area contributed by atoms with E-state index in [1.54, 1.807) is 0 Å². The first-order valence-corrected chi connectivity index (χ1v) is 15.4. The van der Waals surface area contributed by atoms with Crippen LogP contribution < -0.4 is 0 Å². The Bertz CT molecular complexity index is 698. The number of aliphatic hydroxyl groups is 4. The molecule has 0 aromatic carbocycles. The van der Waals surface area contributed by atoms with Gasteiger partial charge in [0.25, 0.3) is 0 Å². The molecule has 0 bridgehead atoms. The van der Waals surface area contributed by atoms with Crippen LogP contribution in [-0.4, -0.2) is 120 Å². The van der Waals surface area contributed by atoms with Crippen LogP contribution >= 0.6 is 0 Å². The summed E-state index contributed by atoms with van der Waals surface area (Å²) in [6, 6.07) is 0.789. The molecule has 2 radical (unpaired) electrons. The predicted molar refractivity (Wildman–Crippen MR) is 158 cm³/mol. The Labute approximate surface area is 269 Å².